The molecule has 0 saturated carbocycles. The lowest BCUT2D eigenvalue weighted by Gasteiger charge is -2.05. The molecule has 1 nitrogen and oxygen atoms in total. The number of allylic oxidation sites excluding steroid dienone is 2. The number of hydrogen-bond acceptors (Lipinski definition) is 1. The molecule has 0 atom stereocenters. The van der Waals surface area contributed by atoms with Crippen molar-refractivity contribution in [3.05, 3.63) is 42.8 Å². The summed E-state index contributed by atoms with van der Waals surface area (Å²) in [7, 11) is 0. The van der Waals surface area contributed by atoms with Gasteiger partial charge in [0.2, 0.25) is 0 Å². The topological polar surface area (TPSA) is 9.23 Å². The molecular formula is C13H17O. The van der Waals surface area contributed by atoms with Crippen molar-refractivity contribution in [2.24, 2.45) is 0 Å². The van der Waals surface area contributed by atoms with Crippen molar-refractivity contribution >= 4 is 5.57 Å². The summed E-state index contributed by atoms with van der Waals surface area (Å²) in [5.41, 5.74) is 2.50. The van der Waals surface area contributed by atoms with Gasteiger partial charge >= 0.3 is 0 Å². The Bertz CT molecular complexity index is 296. The van der Waals surface area contributed by atoms with Gasteiger partial charge in [-0.3, -0.25) is 0 Å². The van der Waals surface area contributed by atoms with Gasteiger partial charge in [-0.15, -0.1) is 0 Å². The summed E-state index contributed by atoms with van der Waals surface area (Å²) < 4.78 is 5.37. The van der Waals surface area contributed by atoms with Crippen LogP contribution in [0, 0.1) is 6.92 Å². The molecule has 1 heteroatoms. The van der Waals surface area contributed by atoms with Gasteiger partial charge in [0.25, 0.3) is 0 Å². The Morgan fingerprint density at radius 1 is 1.36 bits per heavy atom. The molecule has 0 fully saturated rings. The standard InChI is InChI=1S/C13H17O/c1-4-6-11(3)12-7-9-13(10-8-12)14-5-2/h6-10H,1,4-5H2,2-3H3. The Morgan fingerprint density at radius 2 is 2.00 bits per heavy atom. The Labute approximate surface area is 86.4 Å². The zero-order valence-electron chi connectivity index (χ0n) is 8.92. The summed E-state index contributed by atoms with van der Waals surface area (Å²) in [5.74, 6) is 0.929. The predicted molar refractivity (Wildman–Crippen MR) is 61.2 cm³/mol. The third-order valence-electron chi connectivity index (χ3n) is 2.07. The van der Waals surface area contributed by atoms with E-state index in [0.717, 1.165) is 12.2 Å². The molecule has 14 heavy (non-hydrogen) atoms. The summed E-state index contributed by atoms with van der Waals surface area (Å²) in [4.78, 5) is 0. The van der Waals surface area contributed by atoms with E-state index in [1.807, 2.05) is 19.1 Å². The van der Waals surface area contributed by atoms with Crippen LogP contribution in [0.15, 0.2) is 30.3 Å². The molecule has 0 bridgehead atoms. The van der Waals surface area contributed by atoms with Crippen molar-refractivity contribution in [3.8, 4) is 5.75 Å². The molecule has 0 spiro atoms. The Hall–Kier alpha value is -1.24. The van der Waals surface area contributed by atoms with Crippen LogP contribution in [0.25, 0.3) is 5.57 Å². The summed E-state index contributed by atoms with van der Waals surface area (Å²) in [6, 6.07) is 8.15. The first kappa shape index (κ1) is 10.8. The molecule has 0 heterocycles. The Balaban J connectivity index is 2.77. The summed E-state index contributed by atoms with van der Waals surface area (Å²) in [6.45, 7) is 8.60. The minimum Gasteiger partial charge on any atom is -0.494 e. The van der Waals surface area contributed by atoms with Crippen molar-refractivity contribution in [2.75, 3.05) is 6.61 Å². The molecule has 0 aromatic heterocycles. The number of rotatable bonds is 4. The molecule has 0 aliphatic carbocycles. The molecule has 1 aromatic rings. The number of hydrogen-bond donors (Lipinski definition) is 0. The van der Waals surface area contributed by atoms with E-state index in [9.17, 15) is 0 Å². The van der Waals surface area contributed by atoms with Gasteiger partial charge in [-0.1, -0.05) is 18.2 Å². The molecule has 0 saturated heterocycles. The Kier molecular flexibility index (Phi) is 4.24. The predicted octanol–water partition coefficient (Wildman–Crippen LogP) is 3.71. The summed E-state index contributed by atoms with van der Waals surface area (Å²) in [5, 5.41) is 0. The maximum absolute atomic E-state index is 5.37. The minimum atomic E-state index is 0.715. The van der Waals surface area contributed by atoms with Gasteiger partial charge in [-0.05, 0) is 50.5 Å². The lowest BCUT2D eigenvalue weighted by Crippen LogP contribution is -1.90. The molecule has 0 aliphatic heterocycles. The molecule has 0 unspecified atom stereocenters. The van der Waals surface area contributed by atoms with Gasteiger partial charge in [0.1, 0.15) is 5.75 Å². The van der Waals surface area contributed by atoms with Crippen molar-refractivity contribution in [3.63, 3.8) is 0 Å². The fourth-order valence-electron chi connectivity index (χ4n) is 1.32. The van der Waals surface area contributed by atoms with Crippen LogP contribution in [-0.2, 0) is 0 Å². The largest absolute Gasteiger partial charge is 0.494 e. The van der Waals surface area contributed by atoms with Crippen LogP contribution in [0.2, 0.25) is 0 Å². The van der Waals surface area contributed by atoms with E-state index in [4.69, 9.17) is 4.74 Å². The van der Waals surface area contributed by atoms with Crippen LogP contribution in [0.1, 0.15) is 25.8 Å². The van der Waals surface area contributed by atoms with E-state index in [-0.39, 0.29) is 0 Å². The van der Waals surface area contributed by atoms with Gasteiger partial charge < -0.3 is 4.74 Å². The van der Waals surface area contributed by atoms with E-state index < -0.39 is 0 Å². The SMILES string of the molecule is [CH2]CC=C(C)c1ccc(OCC)cc1. The molecule has 75 valence electrons. The monoisotopic (exact) mass is 189 g/mol. The number of benzene rings is 1. The highest BCUT2D eigenvalue weighted by atomic mass is 16.5. The van der Waals surface area contributed by atoms with Crippen LogP contribution in [0.4, 0.5) is 0 Å². The highest BCUT2D eigenvalue weighted by Crippen LogP contribution is 2.18. The third-order valence-corrected chi connectivity index (χ3v) is 2.07. The van der Waals surface area contributed by atoms with Crippen LogP contribution in [0.5, 0.6) is 5.75 Å². The van der Waals surface area contributed by atoms with E-state index in [1.54, 1.807) is 0 Å². The smallest absolute Gasteiger partial charge is 0.119 e. The molecule has 1 aromatic carbocycles. The van der Waals surface area contributed by atoms with Crippen LogP contribution in [0.3, 0.4) is 0 Å². The van der Waals surface area contributed by atoms with E-state index in [0.29, 0.717) is 6.61 Å². The van der Waals surface area contributed by atoms with Gasteiger partial charge in [-0.2, -0.15) is 0 Å². The summed E-state index contributed by atoms with van der Waals surface area (Å²) in [6.07, 6.45) is 2.95. The van der Waals surface area contributed by atoms with Gasteiger partial charge in [0, 0.05) is 0 Å². The van der Waals surface area contributed by atoms with Crippen molar-refractivity contribution in [1.29, 1.82) is 0 Å². The first-order valence-corrected chi connectivity index (χ1v) is 4.97. The zero-order valence-corrected chi connectivity index (χ0v) is 8.92. The summed E-state index contributed by atoms with van der Waals surface area (Å²) >= 11 is 0. The normalized spacial score (nSPS) is 11.5. The van der Waals surface area contributed by atoms with Crippen LogP contribution < -0.4 is 4.74 Å². The van der Waals surface area contributed by atoms with Gasteiger partial charge in [0.15, 0.2) is 0 Å². The van der Waals surface area contributed by atoms with Crippen LogP contribution >= 0.6 is 0 Å². The second-order valence-corrected chi connectivity index (χ2v) is 3.13. The molecule has 1 radical (unpaired) electrons. The maximum atomic E-state index is 5.37. The second-order valence-electron chi connectivity index (χ2n) is 3.13. The van der Waals surface area contributed by atoms with Gasteiger partial charge in [0.05, 0.1) is 6.61 Å². The quantitative estimate of drug-likeness (QED) is 0.701. The van der Waals surface area contributed by atoms with E-state index in [1.165, 1.54) is 11.1 Å². The maximum Gasteiger partial charge on any atom is 0.119 e. The van der Waals surface area contributed by atoms with Crippen molar-refractivity contribution in [1.82, 2.24) is 0 Å². The highest BCUT2D eigenvalue weighted by Gasteiger charge is 1.95. The van der Waals surface area contributed by atoms with E-state index >= 15 is 0 Å². The van der Waals surface area contributed by atoms with Crippen LogP contribution in [-0.4, -0.2) is 6.61 Å². The highest BCUT2D eigenvalue weighted by molar-refractivity contribution is 5.64. The lowest BCUT2D eigenvalue weighted by molar-refractivity contribution is 0.340. The van der Waals surface area contributed by atoms with Gasteiger partial charge in [-0.25, -0.2) is 0 Å². The average molecular weight is 189 g/mol. The van der Waals surface area contributed by atoms with Crippen molar-refractivity contribution < 1.29 is 4.74 Å². The first-order chi connectivity index (χ1) is 6.77. The Morgan fingerprint density at radius 3 is 2.50 bits per heavy atom. The molecule has 0 aliphatic rings. The lowest BCUT2D eigenvalue weighted by atomic mass is 10.1. The fraction of sp³-hybridized carbons (Fsp3) is 0.308. The minimum absolute atomic E-state index is 0.715. The molecule has 0 N–H and O–H groups in total. The average Bonchev–Trinajstić information content (AvgIpc) is 2.20. The first-order valence-electron chi connectivity index (χ1n) is 4.97. The zero-order chi connectivity index (χ0) is 10.4. The van der Waals surface area contributed by atoms with Crippen molar-refractivity contribution in [2.45, 2.75) is 20.3 Å². The van der Waals surface area contributed by atoms with E-state index in [2.05, 4.69) is 32.1 Å². The molecule has 1 rings (SSSR count). The second kappa shape index (κ2) is 5.48. The fourth-order valence-corrected chi connectivity index (χ4v) is 1.32. The molecular weight excluding hydrogens is 172 g/mol. The third kappa shape index (κ3) is 2.91. The number of ether oxygens (including phenoxy) is 1. The molecule has 0 amide bonds.